The fraction of sp³-hybridized carbons (Fsp3) is 0.667. The third kappa shape index (κ3) is 3.00. The smallest absolute Gasteiger partial charge is 0.253 e. The lowest BCUT2D eigenvalue weighted by Gasteiger charge is -2.40. The van der Waals surface area contributed by atoms with Crippen LogP contribution in [0.2, 0.25) is 0 Å². The molecule has 0 amide bonds. The average molecular weight is 304 g/mol. The van der Waals surface area contributed by atoms with Gasteiger partial charge in [0.05, 0.1) is 18.8 Å². The van der Waals surface area contributed by atoms with Gasteiger partial charge in [-0.25, -0.2) is 8.42 Å². The number of rotatable bonds is 4. The van der Waals surface area contributed by atoms with Crippen molar-refractivity contribution in [2.75, 3.05) is 26.8 Å². The van der Waals surface area contributed by atoms with Crippen LogP contribution in [0.25, 0.3) is 0 Å². The van der Waals surface area contributed by atoms with Crippen LogP contribution < -0.4 is 5.32 Å². The van der Waals surface area contributed by atoms with Crippen LogP contribution in [0.5, 0.6) is 0 Å². The predicted octanol–water partition coefficient (Wildman–Crippen LogP) is 1.27. The molecule has 7 heteroatoms. The lowest BCUT2D eigenvalue weighted by Crippen LogP contribution is -2.55. The van der Waals surface area contributed by atoms with Crippen molar-refractivity contribution in [2.24, 2.45) is 0 Å². The van der Waals surface area contributed by atoms with Crippen molar-refractivity contribution in [2.45, 2.75) is 30.1 Å². The van der Waals surface area contributed by atoms with Gasteiger partial charge < -0.3 is 10.1 Å². The molecule has 1 aromatic rings. The number of sulfonamides is 1. The first-order valence-electron chi connectivity index (χ1n) is 6.20. The van der Waals surface area contributed by atoms with Crippen LogP contribution in [0.15, 0.2) is 15.7 Å². The topological polar surface area (TPSA) is 58.6 Å². The molecular weight excluding hydrogens is 284 g/mol. The van der Waals surface area contributed by atoms with Crippen LogP contribution in [0.1, 0.15) is 19.4 Å². The minimum absolute atomic E-state index is 0.410. The quantitative estimate of drug-likeness (QED) is 0.910. The van der Waals surface area contributed by atoms with Crippen molar-refractivity contribution in [3.8, 4) is 0 Å². The van der Waals surface area contributed by atoms with Crippen molar-refractivity contribution in [3.05, 3.63) is 17.0 Å². The normalized spacial score (nSPS) is 20.6. The van der Waals surface area contributed by atoms with Gasteiger partial charge in [-0.15, -0.1) is 11.3 Å². The van der Waals surface area contributed by atoms with E-state index in [0.29, 0.717) is 30.5 Å². The van der Waals surface area contributed by atoms with Crippen molar-refractivity contribution >= 4 is 21.4 Å². The Morgan fingerprint density at radius 1 is 1.53 bits per heavy atom. The zero-order valence-electron chi connectivity index (χ0n) is 11.5. The molecule has 1 saturated heterocycles. The van der Waals surface area contributed by atoms with Crippen LogP contribution in [0.3, 0.4) is 0 Å². The Hall–Kier alpha value is -0.470. The number of nitrogens with one attached hydrogen (secondary N) is 1. The summed E-state index contributed by atoms with van der Waals surface area (Å²) >= 11 is 1.28. The number of hydrogen-bond acceptors (Lipinski definition) is 5. The highest BCUT2D eigenvalue weighted by Crippen LogP contribution is 2.30. The molecule has 0 bridgehead atoms. The van der Waals surface area contributed by atoms with E-state index in [-0.39, 0.29) is 0 Å². The monoisotopic (exact) mass is 304 g/mol. The van der Waals surface area contributed by atoms with Crippen LogP contribution in [-0.2, 0) is 21.3 Å². The summed E-state index contributed by atoms with van der Waals surface area (Å²) in [4.78, 5) is 0. The van der Waals surface area contributed by atoms with E-state index in [0.717, 1.165) is 5.56 Å². The Morgan fingerprint density at radius 2 is 2.26 bits per heavy atom. The largest absolute Gasteiger partial charge is 0.378 e. The fourth-order valence-corrected chi connectivity index (χ4v) is 5.26. The first-order chi connectivity index (χ1) is 8.88. The van der Waals surface area contributed by atoms with Gasteiger partial charge in [0.2, 0.25) is 0 Å². The van der Waals surface area contributed by atoms with Gasteiger partial charge >= 0.3 is 0 Å². The minimum atomic E-state index is -3.42. The Bertz CT molecular complexity index is 537. The molecule has 1 aliphatic heterocycles. The molecule has 1 aromatic heterocycles. The second kappa shape index (κ2) is 5.49. The second-order valence-electron chi connectivity index (χ2n) is 5.25. The molecule has 0 atom stereocenters. The minimum Gasteiger partial charge on any atom is -0.378 e. The summed E-state index contributed by atoms with van der Waals surface area (Å²) in [5.41, 5.74) is 0.502. The van der Waals surface area contributed by atoms with Crippen molar-refractivity contribution in [1.29, 1.82) is 0 Å². The van der Waals surface area contributed by atoms with Gasteiger partial charge in [-0.05, 0) is 37.9 Å². The number of morpholine rings is 1. The van der Waals surface area contributed by atoms with Gasteiger partial charge in [0.25, 0.3) is 10.0 Å². The lowest BCUT2D eigenvalue weighted by molar-refractivity contribution is -0.00761. The van der Waals surface area contributed by atoms with Gasteiger partial charge in [0, 0.05) is 13.1 Å². The highest BCUT2D eigenvalue weighted by atomic mass is 32.2. The summed E-state index contributed by atoms with van der Waals surface area (Å²) in [5.74, 6) is 0. The summed E-state index contributed by atoms with van der Waals surface area (Å²) < 4.78 is 32.7. The highest BCUT2D eigenvalue weighted by Gasteiger charge is 2.40. The molecule has 1 N–H and O–H groups in total. The molecule has 0 radical (unpaired) electrons. The molecule has 1 fully saturated rings. The number of thiophene rings is 1. The maximum atomic E-state index is 12.7. The predicted molar refractivity (Wildman–Crippen MR) is 75.9 cm³/mol. The van der Waals surface area contributed by atoms with E-state index >= 15 is 0 Å². The Balaban J connectivity index is 2.30. The molecule has 108 valence electrons. The molecule has 0 spiro atoms. The van der Waals surface area contributed by atoms with Crippen LogP contribution in [0.4, 0.5) is 0 Å². The maximum absolute atomic E-state index is 12.7. The van der Waals surface area contributed by atoms with E-state index in [2.05, 4.69) is 5.32 Å². The number of hydrogen-bond donors (Lipinski definition) is 1. The number of nitrogens with zero attached hydrogens (tertiary/aromatic N) is 1. The Kier molecular flexibility index (Phi) is 4.32. The molecule has 2 rings (SSSR count). The van der Waals surface area contributed by atoms with E-state index < -0.39 is 15.6 Å². The zero-order chi connectivity index (χ0) is 14.1. The molecule has 19 heavy (non-hydrogen) atoms. The summed E-state index contributed by atoms with van der Waals surface area (Å²) in [6, 6.07) is 1.75. The van der Waals surface area contributed by atoms with Crippen LogP contribution in [0, 0.1) is 0 Å². The first kappa shape index (κ1) is 14.9. The molecule has 2 heterocycles. The van der Waals surface area contributed by atoms with E-state index in [1.807, 2.05) is 26.3 Å². The first-order valence-corrected chi connectivity index (χ1v) is 8.52. The van der Waals surface area contributed by atoms with E-state index in [9.17, 15) is 8.42 Å². The summed E-state index contributed by atoms with van der Waals surface area (Å²) in [5, 5.41) is 4.91. The molecule has 0 unspecified atom stereocenters. The van der Waals surface area contributed by atoms with Gasteiger partial charge in [-0.1, -0.05) is 0 Å². The third-order valence-corrected chi connectivity index (χ3v) is 6.70. The van der Waals surface area contributed by atoms with Gasteiger partial charge in [0.1, 0.15) is 4.21 Å². The standard InChI is InChI=1S/C12H20N2O3S2/c1-12(2)9-17-5-4-14(12)19(15,16)11-6-10(7-13-3)8-18-11/h6,8,13H,4-5,7,9H2,1-3H3. The number of ether oxygens (including phenoxy) is 1. The molecule has 0 saturated carbocycles. The van der Waals surface area contributed by atoms with Crippen LogP contribution >= 0.6 is 11.3 Å². The lowest BCUT2D eigenvalue weighted by atomic mass is 10.1. The SMILES string of the molecule is CNCc1csc(S(=O)(=O)N2CCOCC2(C)C)c1. The fourth-order valence-electron chi connectivity index (χ4n) is 2.18. The van der Waals surface area contributed by atoms with Gasteiger partial charge in [0.15, 0.2) is 0 Å². The average Bonchev–Trinajstić information content (AvgIpc) is 2.78. The maximum Gasteiger partial charge on any atom is 0.253 e. The molecule has 0 aliphatic carbocycles. The summed E-state index contributed by atoms with van der Waals surface area (Å²) in [7, 11) is -1.58. The molecule has 5 nitrogen and oxygen atoms in total. The van der Waals surface area contributed by atoms with E-state index in [4.69, 9.17) is 4.74 Å². The van der Waals surface area contributed by atoms with Gasteiger partial charge in [-0.3, -0.25) is 0 Å². The summed E-state index contributed by atoms with van der Waals surface area (Å²) in [6.45, 7) is 5.77. The van der Waals surface area contributed by atoms with Gasteiger partial charge in [-0.2, -0.15) is 4.31 Å². The van der Waals surface area contributed by atoms with Crippen molar-refractivity contribution in [1.82, 2.24) is 9.62 Å². The Labute approximate surface area is 118 Å². The molecule has 1 aliphatic rings. The second-order valence-corrected chi connectivity index (χ2v) is 8.25. The third-order valence-electron chi connectivity index (χ3n) is 3.12. The van der Waals surface area contributed by atoms with Crippen LogP contribution in [-0.4, -0.2) is 45.1 Å². The molecular formula is C12H20N2O3S2. The van der Waals surface area contributed by atoms with E-state index in [1.165, 1.54) is 11.3 Å². The zero-order valence-corrected chi connectivity index (χ0v) is 13.1. The summed E-state index contributed by atoms with van der Waals surface area (Å²) in [6.07, 6.45) is 0. The molecule has 0 aromatic carbocycles. The van der Waals surface area contributed by atoms with Crippen molar-refractivity contribution < 1.29 is 13.2 Å². The van der Waals surface area contributed by atoms with Crippen molar-refractivity contribution in [3.63, 3.8) is 0 Å². The Morgan fingerprint density at radius 3 is 2.89 bits per heavy atom. The highest BCUT2D eigenvalue weighted by molar-refractivity contribution is 7.91. The van der Waals surface area contributed by atoms with E-state index in [1.54, 1.807) is 10.4 Å².